The average molecular weight is 211 g/mol. The molecular formula is C12H21NO2. The van der Waals surface area contributed by atoms with Gasteiger partial charge < -0.3 is 14.8 Å². The highest BCUT2D eigenvalue weighted by molar-refractivity contribution is 4.96. The van der Waals surface area contributed by atoms with Gasteiger partial charge in [-0.1, -0.05) is 0 Å². The highest BCUT2D eigenvalue weighted by Crippen LogP contribution is 2.44. The van der Waals surface area contributed by atoms with Crippen molar-refractivity contribution < 1.29 is 9.47 Å². The molecule has 3 aliphatic rings. The van der Waals surface area contributed by atoms with Crippen molar-refractivity contribution in [3.05, 3.63) is 0 Å². The van der Waals surface area contributed by atoms with Gasteiger partial charge in [-0.05, 0) is 37.5 Å². The second-order valence-electron chi connectivity index (χ2n) is 5.18. The molecule has 3 heteroatoms. The van der Waals surface area contributed by atoms with Gasteiger partial charge in [-0.2, -0.15) is 0 Å². The molecule has 3 fully saturated rings. The molecule has 1 heterocycles. The Labute approximate surface area is 91.5 Å². The Morgan fingerprint density at radius 3 is 2.33 bits per heavy atom. The van der Waals surface area contributed by atoms with Crippen LogP contribution >= 0.6 is 0 Å². The van der Waals surface area contributed by atoms with Gasteiger partial charge in [0, 0.05) is 12.6 Å². The van der Waals surface area contributed by atoms with E-state index in [0.29, 0.717) is 6.10 Å². The summed E-state index contributed by atoms with van der Waals surface area (Å²) in [5, 5.41) is 3.71. The molecule has 0 bridgehead atoms. The zero-order valence-corrected chi connectivity index (χ0v) is 9.28. The van der Waals surface area contributed by atoms with Gasteiger partial charge >= 0.3 is 0 Å². The normalized spacial score (nSPS) is 32.2. The first kappa shape index (κ1) is 10.1. The van der Waals surface area contributed by atoms with Gasteiger partial charge in [-0.3, -0.25) is 0 Å². The summed E-state index contributed by atoms with van der Waals surface area (Å²) < 4.78 is 11.0. The quantitative estimate of drug-likeness (QED) is 0.740. The van der Waals surface area contributed by atoms with E-state index < -0.39 is 0 Å². The maximum Gasteiger partial charge on any atom is 0.0933 e. The summed E-state index contributed by atoms with van der Waals surface area (Å²) in [5.74, 6) is 1.95. The van der Waals surface area contributed by atoms with Crippen molar-refractivity contribution in [1.82, 2.24) is 5.32 Å². The standard InChI is InChI=1S/C12H21NO2/c1-2-9(1)12(10-3-4-10)13-7-11-8-14-5-6-15-11/h9-13H,1-8H2. The molecule has 0 amide bonds. The molecule has 3 rings (SSSR count). The van der Waals surface area contributed by atoms with E-state index in [2.05, 4.69) is 5.32 Å². The molecular weight excluding hydrogens is 190 g/mol. The minimum atomic E-state index is 0.291. The van der Waals surface area contributed by atoms with Crippen molar-refractivity contribution in [2.75, 3.05) is 26.4 Å². The van der Waals surface area contributed by atoms with Crippen LogP contribution in [0.3, 0.4) is 0 Å². The van der Waals surface area contributed by atoms with Crippen molar-refractivity contribution in [1.29, 1.82) is 0 Å². The maximum atomic E-state index is 5.64. The predicted molar refractivity (Wildman–Crippen MR) is 57.8 cm³/mol. The third-order valence-electron chi connectivity index (χ3n) is 3.73. The van der Waals surface area contributed by atoms with Crippen LogP contribution in [0.5, 0.6) is 0 Å². The van der Waals surface area contributed by atoms with Crippen LogP contribution in [0.4, 0.5) is 0 Å². The van der Waals surface area contributed by atoms with E-state index in [1.165, 1.54) is 25.7 Å². The van der Waals surface area contributed by atoms with Crippen LogP contribution in [-0.2, 0) is 9.47 Å². The molecule has 15 heavy (non-hydrogen) atoms. The van der Waals surface area contributed by atoms with E-state index >= 15 is 0 Å². The van der Waals surface area contributed by atoms with Crippen LogP contribution in [0, 0.1) is 11.8 Å². The van der Waals surface area contributed by atoms with Crippen molar-refractivity contribution in [2.45, 2.75) is 37.8 Å². The topological polar surface area (TPSA) is 30.5 Å². The third-order valence-corrected chi connectivity index (χ3v) is 3.73. The molecule has 1 saturated heterocycles. The van der Waals surface area contributed by atoms with E-state index in [1.54, 1.807) is 0 Å². The number of hydrogen-bond donors (Lipinski definition) is 1. The lowest BCUT2D eigenvalue weighted by Crippen LogP contribution is -2.43. The SMILES string of the molecule is C1COC(CNC(C2CC2)C2CC2)CO1. The number of hydrogen-bond acceptors (Lipinski definition) is 3. The second-order valence-corrected chi connectivity index (χ2v) is 5.18. The first-order valence-corrected chi connectivity index (χ1v) is 6.36. The van der Waals surface area contributed by atoms with Gasteiger partial charge in [0.25, 0.3) is 0 Å². The van der Waals surface area contributed by atoms with E-state index in [9.17, 15) is 0 Å². The Hall–Kier alpha value is -0.120. The molecule has 2 saturated carbocycles. The molecule has 0 spiro atoms. The molecule has 0 aromatic heterocycles. The van der Waals surface area contributed by atoms with Crippen LogP contribution in [0.2, 0.25) is 0 Å². The lowest BCUT2D eigenvalue weighted by atomic mass is 10.1. The molecule has 0 aromatic carbocycles. The van der Waals surface area contributed by atoms with E-state index in [-0.39, 0.29) is 0 Å². The minimum absolute atomic E-state index is 0.291. The van der Waals surface area contributed by atoms with Crippen LogP contribution < -0.4 is 5.32 Å². The fourth-order valence-electron chi connectivity index (χ4n) is 2.55. The largest absolute Gasteiger partial charge is 0.376 e. The van der Waals surface area contributed by atoms with Gasteiger partial charge in [0.2, 0.25) is 0 Å². The van der Waals surface area contributed by atoms with Crippen molar-refractivity contribution in [3.8, 4) is 0 Å². The van der Waals surface area contributed by atoms with Crippen LogP contribution in [-0.4, -0.2) is 38.5 Å². The molecule has 1 aliphatic heterocycles. The molecule has 1 atom stereocenters. The smallest absolute Gasteiger partial charge is 0.0933 e. The Bertz CT molecular complexity index is 196. The first-order valence-electron chi connectivity index (χ1n) is 6.36. The summed E-state index contributed by atoms with van der Waals surface area (Å²) in [5.41, 5.74) is 0. The molecule has 1 N–H and O–H groups in total. The van der Waals surface area contributed by atoms with Gasteiger partial charge in [0.1, 0.15) is 0 Å². The fraction of sp³-hybridized carbons (Fsp3) is 1.00. The Morgan fingerprint density at radius 2 is 1.80 bits per heavy atom. The van der Waals surface area contributed by atoms with Gasteiger partial charge in [-0.25, -0.2) is 0 Å². The zero-order valence-electron chi connectivity index (χ0n) is 9.28. The number of ether oxygens (including phenoxy) is 2. The van der Waals surface area contributed by atoms with E-state index in [0.717, 1.165) is 44.2 Å². The van der Waals surface area contributed by atoms with Crippen LogP contribution in [0.1, 0.15) is 25.7 Å². The predicted octanol–water partition coefficient (Wildman–Crippen LogP) is 1.18. The van der Waals surface area contributed by atoms with Crippen molar-refractivity contribution in [2.24, 2.45) is 11.8 Å². The highest BCUT2D eigenvalue weighted by atomic mass is 16.6. The lowest BCUT2D eigenvalue weighted by Gasteiger charge is -2.26. The van der Waals surface area contributed by atoms with Gasteiger partial charge in [0.05, 0.1) is 25.9 Å². The monoisotopic (exact) mass is 211 g/mol. The molecule has 0 radical (unpaired) electrons. The zero-order chi connectivity index (χ0) is 10.1. The van der Waals surface area contributed by atoms with Crippen LogP contribution in [0.25, 0.3) is 0 Å². The van der Waals surface area contributed by atoms with Crippen molar-refractivity contribution >= 4 is 0 Å². The Kier molecular flexibility index (Phi) is 2.95. The summed E-state index contributed by atoms with van der Waals surface area (Å²) in [6, 6.07) is 0.788. The summed E-state index contributed by atoms with van der Waals surface area (Å²) in [4.78, 5) is 0. The summed E-state index contributed by atoms with van der Waals surface area (Å²) in [6.07, 6.45) is 6.05. The molecule has 3 nitrogen and oxygen atoms in total. The highest BCUT2D eigenvalue weighted by Gasteiger charge is 2.41. The van der Waals surface area contributed by atoms with Gasteiger partial charge in [0.15, 0.2) is 0 Å². The van der Waals surface area contributed by atoms with Crippen molar-refractivity contribution in [3.63, 3.8) is 0 Å². The lowest BCUT2D eigenvalue weighted by molar-refractivity contribution is -0.0873. The third kappa shape index (κ3) is 2.71. The number of nitrogens with one attached hydrogen (secondary N) is 1. The average Bonchev–Trinajstić information content (AvgIpc) is 3.14. The van der Waals surface area contributed by atoms with E-state index in [1.807, 2.05) is 0 Å². The van der Waals surface area contributed by atoms with E-state index in [4.69, 9.17) is 9.47 Å². The Balaban J connectivity index is 1.42. The summed E-state index contributed by atoms with van der Waals surface area (Å²) in [7, 11) is 0. The second kappa shape index (κ2) is 4.40. The van der Waals surface area contributed by atoms with Gasteiger partial charge in [-0.15, -0.1) is 0 Å². The summed E-state index contributed by atoms with van der Waals surface area (Å²) >= 11 is 0. The Morgan fingerprint density at radius 1 is 1.07 bits per heavy atom. The minimum Gasteiger partial charge on any atom is -0.376 e. The molecule has 0 aromatic rings. The number of rotatable bonds is 5. The molecule has 1 unspecified atom stereocenters. The maximum absolute atomic E-state index is 5.64. The summed E-state index contributed by atoms with van der Waals surface area (Å²) in [6.45, 7) is 3.29. The van der Waals surface area contributed by atoms with Crippen LogP contribution in [0.15, 0.2) is 0 Å². The molecule has 86 valence electrons. The first-order chi connectivity index (χ1) is 7.43. The fourth-order valence-corrected chi connectivity index (χ4v) is 2.55. The molecule has 2 aliphatic carbocycles.